The Bertz CT molecular complexity index is 455. The topological polar surface area (TPSA) is 70.2 Å². The van der Waals surface area contributed by atoms with Gasteiger partial charge >= 0.3 is 6.09 Å². The summed E-state index contributed by atoms with van der Waals surface area (Å²) < 4.78 is 5.02. The summed E-state index contributed by atoms with van der Waals surface area (Å²) in [5.41, 5.74) is 0. The van der Waals surface area contributed by atoms with Crippen molar-refractivity contribution < 1.29 is 19.1 Å². The number of amides is 3. The number of nitrogens with zero attached hydrogens (tertiary/aromatic N) is 3. The van der Waals surface area contributed by atoms with E-state index in [4.69, 9.17) is 4.74 Å². The van der Waals surface area contributed by atoms with Gasteiger partial charge in [0.1, 0.15) is 0 Å². The fraction of sp³-hybridized carbons (Fsp3) is 0.824. The zero-order valence-corrected chi connectivity index (χ0v) is 14.8. The van der Waals surface area contributed by atoms with Crippen molar-refractivity contribution >= 4 is 17.9 Å². The highest BCUT2D eigenvalue weighted by molar-refractivity contribution is 5.78. The number of carbonyl (C=O) groups is 3. The van der Waals surface area contributed by atoms with E-state index in [9.17, 15) is 14.4 Å². The van der Waals surface area contributed by atoms with E-state index < -0.39 is 0 Å². The number of likely N-dealkylation sites (tertiary alicyclic amines) is 2. The number of carbonyl (C=O) groups excluding carboxylic acids is 3. The van der Waals surface area contributed by atoms with Gasteiger partial charge in [-0.25, -0.2) is 4.79 Å². The molecule has 3 amide bonds. The van der Waals surface area contributed by atoms with Gasteiger partial charge < -0.3 is 19.4 Å². The highest BCUT2D eigenvalue weighted by Gasteiger charge is 2.29. The Hall–Kier alpha value is -1.79. The first kappa shape index (κ1) is 18.5. The Morgan fingerprint density at radius 3 is 2.21 bits per heavy atom. The van der Waals surface area contributed by atoms with Crippen molar-refractivity contribution in [3.8, 4) is 0 Å². The Labute approximate surface area is 143 Å². The van der Waals surface area contributed by atoms with E-state index in [0.717, 1.165) is 38.8 Å². The fourth-order valence-corrected chi connectivity index (χ4v) is 3.51. The van der Waals surface area contributed by atoms with Crippen LogP contribution in [0.1, 0.15) is 46.0 Å². The summed E-state index contributed by atoms with van der Waals surface area (Å²) in [5.74, 6) is 0.140. The van der Waals surface area contributed by atoms with Gasteiger partial charge in [-0.3, -0.25) is 9.59 Å². The maximum atomic E-state index is 12.2. The van der Waals surface area contributed by atoms with E-state index in [1.165, 1.54) is 0 Å². The maximum absolute atomic E-state index is 12.2. The second kappa shape index (κ2) is 8.89. The third-order valence-corrected chi connectivity index (χ3v) is 4.86. The molecule has 2 fully saturated rings. The lowest BCUT2D eigenvalue weighted by atomic mass is 10.0. The first-order chi connectivity index (χ1) is 11.5. The van der Waals surface area contributed by atoms with Crippen LogP contribution in [0.4, 0.5) is 4.79 Å². The molecule has 136 valence electrons. The van der Waals surface area contributed by atoms with Crippen LogP contribution in [0.15, 0.2) is 0 Å². The Balaban J connectivity index is 1.81. The van der Waals surface area contributed by atoms with Gasteiger partial charge in [0.15, 0.2) is 0 Å². The summed E-state index contributed by atoms with van der Waals surface area (Å²) >= 11 is 0. The minimum Gasteiger partial charge on any atom is -0.450 e. The van der Waals surface area contributed by atoms with Gasteiger partial charge in [-0.2, -0.15) is 0 Å². The molecule has 2 heterocycles. The summed E-state index contributed by atoms with van der Waals surface area (Å²) in [7, 11) is 0. The third-order valence-electron chi connectivity index (χ3n) is 4.86. The minimum absolute atomic E-state index is 0.00110. The van der Waals surface area contributed by atoms with Gasteiger partial charge in [0.2, 0.25) is 11.8 Å². The summed E-state index contributed by atoms with van der Waals surface area (Å²) in [6, 6.07) is 0.0968. The third kappa shape index (κ3) is 4.85. The molecule has 0 radical (unpaired) electrons. The largest absolute Gasteiger partial charge is 0.450 e. The standard InChI is InChI=1S/C17H29N3O4/c1-3-24-17(23)19-11-6-15(7-12-19)20(14(2)21)13-8-16(22)18-9-4-5-10-18/h15H,3-13H2,1-2H3. The molecule has 2 aliphatic rings. The van der Waals surface area contributed by atoms with Crippen molar-refractivity contribution in [2.24, 2.45) is 0 Å². The molecule has 24 heavy (non-hydrogen) atoms. The van der Waals surface area contributed by atoms with Crippen LogP contribution in [0.3, 0.4) is 0 Å². The molecular formula is C17H29N3O4. The first-order valence-electron chi connectivity index (χ1n) is 8.99. The molecule has 0 atom stereocenters. The van der Waals surface area contributed by atoms with E-state index >= 15 is 0 Å². The van der Waals surface area contributed by atoms with Crippen molar-refractivity contribution in [3.63, 3.8) is 0 Å². The number of ether oxygens (including phenoxy) is 1. The normalized spacial score (nSPS) is 18.6. The van der Waals surface area contributed by atoms with Crippen molar-refractivity contribution in [1.29, 1.82) is 0 Å². The average Bonchev–Trinajstić information content (AvgIpc) is 3.10. The maximum Gasteiger partial charge on any atom is 0.409 e. The van der Waals surface area contributed by atoms with Crippen molar-refractivity contribution in [2.75, 3.05) is 39.3 Å². The van der Waals surface area contributed by atoms with Crippen LogP contribution in [-0.4, -0.2) is 78.0 Å². The second-order valence-electron chi connectivity index (χ2n) is 6.47. The average molecular weight is 339 g/mol. The van der Waals surface area contributed by atoms with Crippen LogP contribution < -0.4 is 0 Å². The number of hydrogen-bond donors (Lipinski definition) is 0. The molecule has 0 spiro atoms. The Morgan fingerprint density at radius 1 is 1.04 bits per heavy atom. The molecule has 0 aromatic carbocycles. The second-order valence-corrected chi connectivity index (χ2v) is 6.47. The minimum atomic E-state index is -0.283. The van der Waals surface area contributed by atoms with E-state index in [2.05, 4.69) is 0 Å². The van der Waals surface area contributed by atoms with Crippen LogP contribution in [0.5, 0.6) is 0 Å². The lowest BCUT2D eigenvalue weighted by Gasteiger charge is -2.37. The SMILES string of the molecule is CCOC(=O)N1CCC(N(CCC(=O)N2CCCC2)C(C)=O)CC1. The number of rotatable bonds is 5. The van der Waals surface area contributed by atoms with Crippen LogP contribution in [0.2, 0.25) is 0 Å². The van der Waals surface area contributed by atoms with E-state index in [1.807, 2.05) is 4.90 Å². The fourth-order valence-electron chi connectivity index (χ4n) is 3.51. The Kier molecular flexibility index (Phi) is 6.87. The predicted molar refractivity (Wildman–Crippen MR) is 89.4 cm³/mol. The van der Waals surface area contributed by atoms with Crippen LogP contribution in [-0.2, 0) is 14.3 Å². The van der Waals surface area contributed by atoms with Gasteiger partial charge in [-0.05, 0) is 32.6 Å². The van der Waals surface area contributed by atoms with Crippen molar-refractivity contribution in [1.82, 2.24) is 14.7 Å². The van der Waals surface area contributed by atoms with Gasteiger partial charge in [0.05, 0.1) is 6.61 Å². The van der Waals surface area contributed by atoms with E-state index in [-0.39, 0.29) is 23.9 Å². The number of hydrogen-bond acceptors (Lipinski definition) is 4. The molecule has 0 unspecified atom stereocenters. The van der Waals surface area contributed by atoms with Crippen molar-refractivity contribution in [2.45, 2.75) is 52.0 Å². The van der Waals surface area contributed by atoms with Gasteiger partial charge in [0, 0.05) is 52.1 Å². The lowest BCUT2D eigenvalue weighted by molar-refractivity contribution is -0.134. The molecule has 0 aromatic rings. The molecule has 7 nitrogen and oxygen atoms in total. The number of piperidine rings is 1. The van der Waals surface area contributed by atoms with Gasteiger partial charge in [-0.1, -0.05) is 0 Å². The molecular weight excluding hydrogens is 310 g/mol. The quantitative estimate of drug-likeness (QED) is 0.760. The first-order valence-corrected chi connectivity index (χ1v) is 8.99. The van der Waals surface area contributed by atoms with Crippen LogP contribution in [0, 0.1) is 0 Å². The summed E-state index contributed by atoms with van der Waals surface area (Å²) in [6.07, 6.45) is 3.72. The molecule has 2 rings (SSSR count). The van der Waals surface area contributed by atoms with Gasteiger partial charge in [-0.15, -0.1) is 0 Å². The summed E-state index contributed by atoms with van der Waals surface area (Å²) in [5, 5.41) is 0. The lowest BCUT2D eigenvalue weighted by Crippen LogP contribution is -2.49. The molecule has 0 bridgehead atoms. The van der Waals surface area contributed by atoms with Gasteiger partial charge in [0.25, 0.3) is 0 Å². The van der Waals surface area contributed by atoms with Crippen molar-refractivity contribution in [3.05, 3.63) is 0 Å². The molecule has 0 N–H and O–H groups in total. The van der Waals surface area contributed by atoms with Crippen LogP contribution in [0.25, 0.3) is 0 Å². The van der Waals surface area contributed by atoms with E-state index in [1.54, 1.807) is 23.6 Å². The summed E-state index contributed by atoms with van der Waals surface area (Å²) in [6.45, 7) is 7.05. The summed E-state index contributed by atoms with van der Waals surface area (Å²) in [4.78, 5) is 41.3. The molecule has 0 aromatic heterocycles. The van der Waals surface area contributed by atoms with Crippen LogP contribution >= 0.6 is 0 Å². The zero-order valence-electron chi connectivity index (χ0n) is 14.8. The highest BCUT2D eigenvalue weighted by atomic mass is 16.6. The molecule has 0 saturated carbocycles. The monoisotopic (exact) mass is 339 g/mol. The molecule has 0 aliphatic carbocycles. The smallest absolute Gasteiger partial charge is 0.409 e. The molecule has 2 aliphatic heterocycles. The zero-order chi connectivity index (χ0) is 17.5. The highest BCUT2D eigenvalue weighted by Crippen LogP contribution is 2.18. The predicted octanol–water partition coefficient (Wildman–Crippen LogP) is 1.47. The van der Waals surface area contributed by atoms with E-state index in [0.29, 0.717) is 32.7 Å². The Morgan fingerprint density at radius 2 is 1.67 bits per heavy atom. The molecule has 2 saturated heterocycles. The molecule has 7 heteroatoms.